The number of hydrogen-bond acceptors (Lipinski definition) is 5. The maximum Gasteiger partial charge on any atom is 0.218 e. The lowest BCUT2D eigenvalue weighted by molar-refractivity contribution is 0.396. The first-order chi connectivity index (χ1) is 8.17. The van der Waals surface area contributed by atoms with Crippen LogP contribution in [0.5, 0.6) is 5.88 Å². The van der Waals surface area contributed by atoms with Crippen molar-refractivity contribution in [3.8, 4) is 5.88 Å². The van der Waals surface area contributed by atoms with Gasteiger partial charge in [0.15, 0.2) is 0 Å². The largest absolute Gasteiger partial charge is 0.481 e. The van der Waals surface area contributed by atoms with Gasteiger partial charge in [-0.05, 0) is 35.0 Å². The zero-order chi connectivity index (χ0) is 12.3. The van der Waals surface area contributed by atoms with Crippen LogP contribution in [0.25, 0.3) is 0 Å². The molecule has 0 spiro atoms. The van der Waals surface area contributed by atoms with E-state index in [9.17, 15) is 0 Å². The summed E-state index contributed by atoms with van der Waals surface area (Å²) in [6.07, 6.45) is 0. The molecule has 90 valence electrons. The van der Waals surface area contributed by atoms with E-state index >= 15 is 0 Å². The van der Waals surface area contributed by atoms with Crippen LogP contribution in [0.1, 0.15) is 10.7 Å². The molecule has 0 aliphatic heterocycles. The molecular weight excluding hydrogens is 302 g/mol. The highest BCUT2D eigenvalue weighted by molar-refractivity contribution is 9.11. The van der Waals surface area contributed by atoms with Crippen molar-refractivity contribution in [3.05, 3.63) is 32.7 Å². The number of nitrogens with one attached hydrogen (secondary N) is 1. The van der Waals surface area contributed by atoms with Crippen molar-refractivity contribution in [3.63, 3.8) is 0 Å². The SMILES string of the molecule is COc1cc(NCc2ccc(Br)s2)nc(C)n1. The van der Waals surface area contributed by atoms with E-state index in [1.165, 1.54) is 4.88 Å². The topological polar surface area (TPSA) is 47.0 Å². The lowest BCUT2D eigenvalue weighted by Crippen LogP contribution is -2.03. The molecule has 0 radical (unpaired) electrons. The molecule has 2 aromatic rings. The number of aromatic nitrogens is 2. The van der Waals surface area contributed by atoms with Gasteiger partial charge in [-0.25, -0.2) is 4.98 Å². The number of nitrogens with zero attached hydrogens (tertiary/aromatic N) is 2. The van der Waals surface area contributed by atoms with E-state index in [1.807, 2.05) is 13.0 Å². The number of aryl methyl sites for hydroxylation is 1. The first kappa shape index (κ1) is 12.3. The average Bonchev–Trinajstić information content (AvgIpc) is 2.72. The van der Waals surface area contributed by atoms with Crippen LogP contribution in [-0.4, -0.2) is 17.1 Å². The molecule has 0 aliphatic rings. The molecule has 0 saturated heterocycles. The van der Waals surface area contributed by atoms with Crippen molar-refractivity contribution in [1.29, 1.82) is 0 Å². The summed E-state index contributed by atoms with van der Waals surface area (Å²) >= 11 is 5.14. The zero-order valence-corrected chi connectivity index (χ0v) is 11.9. The Morgan fingerprint density at radius 2 is 2.24 bits per heavy atom. The second kappa shape index (κ2) is 5.46. The van der Waals surface area contributed by atoms with Crippen LogP contribution in [0.15, 0.2) is 22.0 Å². The van der Waals surface area contributed by atoms with Gasteiger partial charge in [0.25, 0.3) is 0 Å². The van der Waals surface area contributed by atoms with E-state index in [4.69, 9.17) is 4.74 Å². The maximum absolute atomic E-state index is 5.10. The van der Waals surface area contributed by atoms with Crippen LogP contribution in [-0.2, 0) is 6.54 Å². The van der Waals surface area contributed by atoms with E-state index in [1.54, 1.807) is 24.5 Å². The van der Waals surface area contributed by atoms with Gasteiger partial charge in [0.05, 0.1) is 17.4 Å². The van der Waals surface area contributed by atoms with Crippen molar-refractivity contribution >= 4 is 33.1 Å². The molecule has 1 N–H and O–H groups in total. The second-order valence-corrected chi connectivity index (χ2v) is 5.95. The molecule has 0 aromatic carbocycles. The minimum Gasteiger partial charge on any atom is -0.481 e. The molecule has 0 amide bonds. The quantitative estimate of drug-likeness (QED) is 0.941. The number of anilines is 1. The van der Waals surface area contributed by atoms with Gasteiger partial charge in [-0.2, -0.15) is 4.98 Å². The smallest absolute Gasteiger partial charge is 0.218 e. The van der Waals surface area contributed by atoms with Gasteiger partial charge >= 0.3 is 0 Å². The predicted molar refractivity (Wildman–Crippen MR) is 72.7 cm³/mol. The van der Waals surface area contributed by atoms with Gasteiger partial charge in [-0.15, -0.1) is 11.3 Å². The molecule has 6 heteroatoms. The van der Waals surface area contributed by atoms with Crippen molar-refractivity contribution in [2.45, 2.75) is 13.5 Å². The number of methoxy groups -OCH3 is 1. The van der Waals surface area contributed by atoms with Crippen LogP contribution in [0.3, 0.4) is 0 Å². The van der Waals surface area contributed by atoms with E-state index in [-0.39, 0.29) is 0 Å². The highest BCUT2D eigenvalue weighted by Gasteiger charge is 2.02. The molecule has 2 heterocycles. The second-order valence-electron chi connectivity index (χ2n) is 3.40. The predicted octanol–water partition coefficient (Wildman–Crippen LogP) is 3.23. The Balaban J connectivity index is 2.05. The third kappa shape index (κ3) is 3.41. The molecule has 0 fully saturated rings. The summed E-state index contributed by atoms with van der Waals surface area (Å²) < 4.78 is 6.23. The first-order valence-corrected chi connectivity index (χ1v) is 6.66. The highest BCUT2D eigenvalue weighted by Crippen LogP contribution is 2.23. The first-order valence-electron chi connectivity index (χ1n) is 5.05. The number of thiophene rings is 1. The van der Waals surface area contributed by atoms with Gasteiger partial charge in [0.2, 0.25) is 5.88 Å². The molecule has 0 saturated carbocycles. The van der Waals surface area contributed by atoms with Gasteiger partial charge < -0.3 is 10.1 Å². The normalized spacial score (nSPS) is 10.3. The van der Waals surface area contributed by atoms with Crippen molar-refractivity contribution < 1.29 is 4.74 Å². The number of hydrogen-bond donors (Lipinski definition) is 1. The summed E-state index contributed by atoms with van der Waals surface area (Å²) in [5.74, 6) is 2.05. The Hall–Kier alpha value is -1.14. The van der Waals surface area contributed by atoms with E-state index in [0.29, 0.717) is 11.7 Å². The molecule has 0 aliphatic carbocycles. The summed E-state index contributed by atoms with van der Waals surface area (Å²) in [5, 5.41) is 3.25. The molecular formula is C11H12BrN3OS. The van der Waals surface area contributed by atoms with E-state index in [2.05, 4.69) is 37.3 Å². The van der Waals surface area contributed by atoms with Crippen molar-refractivity contribution in [2.24, 2.45) is 0 Å². The fourth-order valence-corrected chi connectivity index (χ4v) is 2.78. The van der Waals surface area contributed by atoms with Gasteiger partial charge in [0, 0.05) is 10.9 Å². The molecule has 4 nitrogen and oxygen atoms in total. The molecule has 2 rings (SSSR count). The Labute approximate surface area is 112 Å². The summed E-state index contributed by atoms with van der Waals surface area (Å²) in [7, 11) is 1.60. The van der Waals surface area contributed by atoms with Crippen LogP contribution < -0.4 is 10.1 Å². The fourth-order valence-electron chi connectivity index (χ4n) is 1.36. The lowest BCUT2D eigenvalue weighted by Gasteiger charge is -2.06. The van der Waals surface area contributed by atoms with E-state index < -0.39 is 0 Å². The number of rotatable bonds is 4. The monoisotopic (exact) mass is 313 g/mol. The standard InChI is InChI=1S/C11H12BrN3OS/c1-7-14-10(5-11(15-7)16-2)13-6-8-3-4-9(12)17-8/h3-5H,6H2,1-2H3,(H,13,14,15). The molecule has 0 atom stereocenters. The third-order valence-electron chi connectivity index (χ3n) is 2.10. The summed E-state index contributed by atoms with van der Waals surface area (Å²) in [6.45, 7) is 2.59. The Kier molecular flexibility index (Phi) is 3.96. The molecule has 0 unspecified atom stereocenters. The van der Waals surface area contributed by atoms with Crippen molar-refractivity contribution in [1.82, 2.24) is 9.97 Å². The van der Waals surface area contributed by atoms with Crippen LogP contribution in [0.2, 0.25) is 0 Å². The minimum absolute atomic E-state index is 0.576. The summed E-state index contributed by atoms with van der Waals surface area (Å²) in [4.78, 5) is 9.67. The van der Waals surface area contributed by atoms with Crippen molar-refractivity contribution in [2.75, 3.05) is 12.4 Å². The van der Waals surface area contributed by atoms with Gasteiger partial charge in [0.1, 0.15) is 11.6 Å². The van der Waals surface area contributed by atoms with Gasteiger partial charge in [-0.3, -0.25) is 0 Å². The lowest BCUT2D eigenvalue weighted by atomic mass is 10.4. The average molecular weight is 314 g/mol. The van der Waals surface area contributed by atoms with E-state index in [0.717, 1.165) is 16.1 Å². The molecule has 0 bridgehead atoms. The minimum atomic E-state index is 0.576. The highest BCUT2D eigenvalue weighted by atomic mass is 79.9. The Bertz CT molecular complexity index is 515. The van der Waals surface area contributed by atoms with Crippen LogP contribution in [0, 0.1) is 6.92 Å². The maximum atomic E-state index is 5.10. The van der Waals surface area contributed by atoms with Gasteiger partial charge in [-0.1, -0.05) is 0 Å². The number of halogens is 1. The Morgan fingerprint density at radius 3 is 2.88 bits per heavy atom. The van der Waals surface area contributed by atoms with Crippen LogP contribution >= 0.6 is 27.3 Å². The molecule has 17 heavy (non-hydrogen) atoms. The third-order valence-corrected chi connectivity index (χ3v) is 3.72. The zero-order valence-electron chi connectivity index (χ0n) is 9.53. The number of ether oxygens (including phenoxy) is 1. The summed E-state index contributed by atoms with van der Waals surface area (Å²) in [6, 6.07) is 5.90. The van der Waals surface area contributed by atoms with Crippen LogP contribution in [0.4, 0.5) is 5.82 Å². The molecule has 2 aromatic heterocycles. The Morgan fingerprint density at radius 1 is 1.41 bits per heavy atom. The fraction of sp³-hybridized carbons (Fsp3) is 0.273. The summed E-state index contributed by atoms with van der Waals surface area (Å²) in [5.41, 5.74) is 0.